The molecule has 2 amide bonds. The molecule has 0 saturated carbocycles. The van der Waals surface area contributed by atoms with Crippen molar-refractivity contribution in [2.24, 2.45) is 5.73 Å². The Hall–Kier alpha value is -1.14. The first-order valence-electron chi connectivity index (χ1n) is 8.10. The van der Waals surface area contributed by atoms with Gasteiger partial charge in [0.15, 0.2) is 0 Å². The molecule has 21 heavy (non-hydrogen) atoms. The van der Waals surface area contributed by atoms with Crippen molar-refractivity contribution < 1.29 is 9.59 Å². The highest BCUT2D eigenvalue weighted by Gasteiger charge is 2.27. The zero-order valence-electron chi connectivity index (χ0n) is 13.4. The van der Waals surface area contributed by atoms with Gasteiger partial charge in [-0.15, -0.1) is 0 Å². The standard InChI is InChI=1S/C15H30N4O2/c1-3-18(4-2)12-15(21)19-10-6-5-7-13(19)11-17-14(20)8-9-16/h13H,3-12,16H2,1-2H3,(H,17,20). The second-order valence-corrected chi connectivity index (χ2v) is 5.54. The summed E-state index contributed by atoms with van der Waals surface area (Å²) >= 11 is 0. The van der Waals surface area contributed by atoms with Crippen LogP contribution in [0.4, 0.5) is 0 Å². The number of likely N-dealkylation sites (N-methyl/N-ethyl adjacent to an activating group) is 1. The molecule has 1 rings (SSSR count). The van der Waals surface area contributed by atoms with E-state index in [1.807, 2.05) is 4.90 Å². The Bertz CT molecular complexity index is 332. The molecule has 1 aliphatic rings. The molecule has 0 aliphatic carbocycles. The van der Waals surface area contributed by atoms with Crippen LogP contribution < -0.4 is 11.1 Å². The van der Waals surface area contributed by atoms with E-state index in [1.165, 1.54) is 0 Å². The second-order valence-electron chi connectivity index (χ2n) is 5.54. The van der Waals surface area contributed by atoms with Crippen LogP contribution in [0, 0.1) is 0 Å². The molecule has 0 radical (unpaired) electrons. The van der Waals surface area contributed by atoms with E-state index >= 15 is 0 Å². The Morgan fingerprint density at radius 2 is 2.00 bits per heavy atom. The predicted molar refractivity (Wildman–Crippen MR) is 83.8 cm³/mol. The third-order valence-electron chi connectivity index (χ3n) is 4.11. The molecule has 1 atom stereocenters. The summed E-state index contributed by atoms with van der Waals surface area (Å²) in [5.41, 5.74) is 5.37. The largest absolute Gasteiger partial charge is 0.354 e. The molecule has 1 heterocycles. The molecule has 0 aromatic rings. The Balaban J connectivity index is 2.51. The monoisotopic (exact) mass is 298 g/mol. The van der Waals surface area contributed by atoms with Crippen molar-refractivity contribution in [1.82, 2.24) is 15.1 Å². The fourth-order valence-corrected chi connectivity index (χ4v) is 2.72. The van der Waals surface area contributed by atoms with Crippen molar-refractivity contribution in [2.45, 2.75) is 45.6 Å². The van der Waals surface area contributed by atoms with Crippen molar-refractivity contribution in [3.63, 3.8) is 0 Å². The minimum Gasteiger partial charge on any atom is -0.354 e. The molecule has 3 N–H and O–H groups in total. The fraction of sp³-hybridized carbons (Fsp3) is 0.867. The summed E-state index contributed by atoms with van der Waals surface area (Å²) in [4.78, 5) is 28.1. The van der Waals surface area contributed by atoms with Crippen LogP contribution in [0.25, 0.3) is 0 Å². The van der Waals surface area contributed by atoms with Gasteiger partial charge in [0.1, 0.15) is 0 Å². The number of likely N-dealkylation sites (tertiary alicyclic amines) is 1. The maximum atomic E-state index is 12.5. The molecule has 1 unspecified atom stereocenters. The van der Waals surface area contributed by atoms with Crippen LogP contribution in [-0.2, 0) is 9.59 Å². The van der Waals surface area contributed by atoms with E-state index in [-0.39, 0.29) is 17.9 Å². The lowest BCUT2D eigenvalue weighted by Crippen LogP contribution is -2.52. The number of nitrogens with one attached hydrogen (secondary N) is 1. The van der Waals surface area contributed by atoms with Gasteiger partial charge in [-0.25, -0.2) is 0 Å². The summed E-state index contributed by atoms with van der Waals surface area (Å²) in [6, 6.07) is 0.128. The first kappa shape index (κ1) is 17.9. The van der Waals surface area contributed by atoms with E-state index in [0.29, 0.717) is 26.1 Å². The lowest BCUT2D eigenvalue weighted by atomic mass is 10.0. The van der Waals surface area contributed by atoms with Crippen LogP contribution in [0.3, 0.4) is 0 Å². The predicted octanol–water partition coefficient (Wildman–Crippen LogP) is 0.174. The first-order chi connectivity index (χ1) is 10.1. The number of amides is 2. The number of piperidine rings is 1. The van der Waals surface area contributed by atoms with Crippen LogP contribution in [0.15, 0.2) is 0 Å². The van der Waals surface area contributed by atoms with Crippen LogP contribution in [-0.4, -0.2) is 66.9 Å². The number of rotatable bonds is 8. The molecule has 6 heteroatoms. The molecule has 1 fully saturated rings. The van der Waals surface area contributed by atoms with Gasteiger partial charge in [-0.3, -0.25) is 14.5 Å². The normalized spacial score (nSPS) is 18.9. The molecule has 0 aromatic heterocycles. The van der Waals surface area contributed by atoms with Gasteiger partial charge in [0.25, 0.3) is 0 Å². The van der Waals surface area contributed by atoms with Crippen LogP contribution in [0.1, 0.15) is 39.5 Å². The summed E-state index contributed by atoms with van der Waals surface area (Å²) in [6.07, 6.45) is 3.48. The number of hydrogen-bond acceptors (Lipinski definition) is 4. The Morgan fingerprint density at radius 1 is 1.29 bits per heavy atom. The molecule has 0 spiro atoms. The third kappa shape index (κ3) is 6.01. The second kappa shape index (κ2) is 9.73. The number of carbonyl (C=O) groups excluding carboxylic acids is 2. The third-order valence-corrected chi connectivity index (χ3v) is 4.11. The van der Waals surface area contributed by atoms with Crippen molar-refractivity contribution in [2.75, 3.05) is 39.3 Å². The van der Waals surface area contributed by atoms with Gasteiger partial charge in [-0.1, -0.05) is 13.8 Å². The van der Waals surface area contributed by atoms with Gasteiger partial charge >= 0.3 is 0 Å². The van der Waals surface area contributed by atoms with Crippen LogP contribution in [0.2, 0.25) is 0 Å². The van der Waals surface area contributed by atoms with Crippen molar-refractivity contribution in [3.05, 3.63) is 0 Å². The molecule has 0 bridgehead atoms. The van der Waals surface area contributed by atoms with Gasteiger partial charge < -0.3 is 16.0 Å². The molecule has 122 valence electrons. The maximum Gasteiger partial charge on any atom is 0.237 e. The molecule has 1 aliphatic heterocycles. The van der Waals surface area contributed by atoms with E-state index in [1.54, 1.807) is 0 Å². The number of carbonyl (C=O) groups is 2. The van der Waals surface area contributed by atoms with Gasteiger partial charge in [-0.05, 0) is 32.4 Å². The average Bonchev–Trinajstić information content (AvgIpc) is 2.51. The summed E-state index contributed by atoms with van der Waals surface area (Å²) in [7, 11) is 0. The van der Waals surface area contributed by atoms with Crippen molar-refractivity contribution >= 4 is 11.8 Å². The average molecular weight is 298 g/mol. The Morgan fingerprint density at radius 3 is 2.62 bits per heavy atom. The lowest BCUT2D eigenvalue weighted by Gasteiger charge is -2.37. The summed E-state index contributed by atoms with van der Waals surface area (Å²) in [6.45, 7) is 8.08. The van der Waals surface area contributed by atoms with Crippen molar-refractivity contribution in [1.29, 1.82) is 0 Å². The van der Waals surface area contributed by atoms with E-state index in [4.69, 9.17) is 5.73 Å². The lowest BCUT2D eigenvalue weighted by molar-refractivity contribution is -0.136. The highest BCUT2D eigenvalue weighted by atomic mass is 16.2. The van der Waals surface area contributed by atoms with E-state index in [2.05, 4.69) is 24.1 Å². The van der Waals surface area contributed by atoms with Gasteiger partial charge in [-0.2, -0.15) is 0 Å². The van der Waals surface area contributed by atoms with Crippen LogP contribution in [0.5, 0.6) is 0 Å². The molecule has 0 aromatic carbocycles. The van der Waals surface area contributed by atoms with Gasteiger partial charge in [0.05, 0.1) is 6.54 Å². The summed E-state index contributed by atoms with van der Waals surface area (Å²) in [5, 5.41) is 2.89. The highest BCUT2D eigenvalue weighted by molar-refractivity contribution is 5.79. The Labute approximate surface area is 128 Å². The van der Waals surface area contributed by atoms with Crippen LogP contribution >= 0.6 is 0 Å². The SMILES string of the molecule is CCN(CC)CC(=O)N1CCCCC1CNC(=O)CCN. The molecule has 6 nitrogen and oxygen atoms in total. The van der Waals surface area contributed by atoms with Gasteiger partial charge in [0, 0.05) is 32.1 Å². The number of nitrogens with two attached hydrogens (primary N) is 1. The smallest absolute Gasteiger partial charge is 0.237 e. The first-order valence-corrected chi connectivity index (χ1v) is 8.10. The molecule has 1 saturated heterocycles. The summed E-state index contributed by atoms with van der Waals surface area (Å²) < 4.78 is 0. The van der Waals surface area contributed by atoms with E-state index < -0.39 is 0 Å². The number of nitrogens with zero attached hydrogens (tertiary/aromatic N) is 2. The van der Waals surface area contributed by atoms with E-state index in [0.717, 1.165) is 38.9 Å². The topological polar surface area (TPSA) is 78.7 Å². The zero-order valence-corrected chi connectivity index (χ0v) is 13.4. The minimum absolute atomic E-state index is 0.0285. The number of hydrogen-bond donors (Lipinski definition) is 2. The van der Waals surface area contributed by atoms with E-state index in [9.17, 15) is 9.59 Å². The Kier molecular flexibility index (Phi) is 8.30. The van der Waals surface area contributed by atoms with Gasteiger partial charge in [0.2, 0.25) is 11.8 Å². The minimum atomic E-state index is -0.0285. The molecular formula is C15H30N4O2. The molecular weight excluding hydrogens is 268 g/mol. The summed E-state index contributed by atoms with van der Waals surface area (Å²) in [5.74, 6) is 0.149. The quantitative estimate of drug-likeness (QED) is 0.670. The maximum absolute atomic E-state index is 12.5. The van der Waals surface area contributed by atoms with Crippen molar-refractivity contribution in [3.8, 4) is 0 Å². The fourth-order valence-electron chi connectivity index (χ4n) is 2.72. The highest BCUT2D eigenvalue weighted by Crippen LogP contribution is 2.17. The zero-order chi connectivity index (χ0) is 15.7.